The molecule has 0 saturated carbocycles. The number of aromatic nitrogens is 1. The van der Waals surface area contributed by atoms with Gasteiger partial charge in [0, 0.05) is 40.6 Å². The van der Waals surface area contributed by atoms with Crippen LogP contribution in [-0.4, -0.2) is 31.6 Å². The first kappa shape index (κ1) is 12.7. The molecule has 0 spiro atoms. The van der Waals surface area contributed by atoms with Crippen molar-refractivity contribution >= 4 is 0 Å². The van der Waals surface area contributed by atoms with Crippen molar-refractivity contribution in [3.05, 3.63) is 23.5 Å². The zero-order chi connectivity index (χ0) is 12.0. The van der Waals surface area contributed by atoms with Crippen molar-refractivity contribution in [1.82, 2.24) is 9.88 Å². The Labute approximate surface area is 95.6 Å². The largest absolute Gasteiger partial charge is 0.355 e. The molecule has 1 aromatic heterocycles. The van der Waals surface area contributed by atoms with Crippen molar-refractivity contribution in [1.29, 1.82) is 5.26 Å². The minimum Gasteiger partial charge on any atom is -0.355 e. The van der Waals surface area contributed by atoms with Gasteiger partial charge in [-0.3, -0.25) is 0 Å². The van der Waals surface area contributed by atoms with E-state index in [4.69, 9.17) is 14.7 Å². The van der Waals surface area contributed by atoms with Crippen LogP contribution in [0.25, 0.3) is 0 Å². The molecular weight excluding hydrogens is 206 g/mol. The first-order valence-electron chi connectivity index (χ1n) is 5.03. The Morgan fingerprint density at radius 2 is 2.19 bits per heavy atom. The van der Waals surface area contributed by atoms with E-state index in [1.54, 1.807) is 18.8 Å². The van der Waals surface area contributed by atoms with E-state index < -0.39 is 0 Å². The highest BCUT2D eigenvalue weighted by Gasteiger charge is 2.05. The number of hydrogen-bond donors (Lipinski definition) is 1. The maximum atomic E-state index is 8.79. The zero-order valence-electron chi connectivity index (χ0n) is 9.86. The molecule has 1 heterocycles. The molecule has 1 aromatic rings. The predicted octanol–water partition coefficient (Wildman–Crippen LogP) is 0.605. The molecule has 0 saturated heterocycles. The van der Waals surface area contributed by atoms with Crippen molar-refractivity contribution in [2.24, 2.45) is 7.05 Å². The summed E-state index contributed by atoms with van der Waals surface area (Å²) in [6.45, 7) is 1.31. The Morgan fingerprint density at radius 1 is 1.50 bits per heavy atom. The molecule has 1 rings (SSSR count). The highest BCUT2D eigenvalue weighted by atomic mass is 16.7. The Kier molecular flexibility index (Phi) is 4.99. The van der Waals surface area contributed by atoms with Crippen LogP contribution in [-0.2, 0) is 23.1 Å². The zero-order valence-corrected chi connectivity index (χ0v) is 9.86. The van der Waals surface area contributed by atoms with E-state index in [0.29, 0.717) is 18.8 Å². The molecule has 0 aliphatic rings. The van der Waals surface area contributed by atoms with E-state index >= 15 is 0 Å². The van der Waals surface area contributed by atoms with Gasteiger partial charge in [-0.25, -0.2) is 0 Å². The van der Waals surface area contributed by atoms with Gasteiger partial charge in [0.1, 0.15) is 11.8 Å². The lowest BCUT2D eigenvalue weighted by Gasteiger charge is -2.13. The van der Waals surface area contributed by atoms with Crippen molar-refractivity contribution in [3.8, 4) is 6.07 Å². The van der Waals surface area contributed by atoms with Crippen molar-refractivity contribution < 1.29 is 9.47 Å². The number of ether oxygens (including phenoxy) is 2. The summed E-state index contributed by atoms with van der Waals surface area (Å²) in [6, 6.07) is 3.99. The predicted molar refractivity (Wildman–Crippen MR) is 59.6 cm³/mol. The highest BCUT2D eigenvalue weighted by Crippen LogP contribution is 2.05. The summed E-state index contributed by atoms with van der Waals surface area (Å²) in [5, 5.41) is 12.0. The standard InChI is InChI=1S/C11H17N3O2/c1-14-8-9(4-10(14)5-12)6-13-7-11(15-2)16-3/h4,8,11,13H,6-7H2,1-3H3. The van der Waals surface area contributed by atoms with Crippen LogP contribution in [0, 0.1) is 11.3 Å². The normalized spacial score (nSPS) is 10.7. The van der Waals surface area contributed by atoms with Crippen LogP contribution in [0.5, 0.6) is 0 Å². The Balaban J connectivity index is 2.40. The lowest BCUT2D eigenvalue weighted by Crippen LogP contribution is -2.29. The van der Waals surface area contributed by atoms with Gasteiger partial charge in [0.2, 0.25) is 0 Å². The molecule has 0 radical (unpaired) electrons. The fourth-order valence-corrected chi connectivity index (χ4v) is 1.44. The number of nitrogens with zero attached hydrogens (tertiary/aromatic N) is 2. The summed E-state index contributed by atoms with van der Waals surface area (Å²) in [5.41, 5.74) is 1.73. The van der Waals surface area contributed by atoms with E-state index in [-0.39, 0.29) is 6.29 Å². The van der Waals surface area contributed by atoms with Crippen LogP contribution in [0.2, 0.25) is 0 Å². The first-order valence-corrected chi connectivity index (χ1v) is 5.03. The Hall–Kier alpha value is -1.35. The molecule has 0 aliphatic carbocycles. The van der Waals surface area contributed by atoms with Crippen molar-refractivity contribution in [2.45, 2.75) is 12.8 Å². The molecule has 0 aliphatic heterocycles. The molecule has 1 N–H and O–H groups in total. The molecule has 0 amide bonds. The van der Waals surface area contributed by atoms with Gasteiger partial charge in [-0.15, -0.1) is 0 Å². The van der Waals surface area contributed by atoms with E-state index in [9.17, 15) is 0 Å². The molecule has 5 heteroatoms. The van der Waals surface area contributed by atoms with Crippen LogP contribution >= 0.6 is 0 Å². The lowest BCUT2D eigenvalue weighted by molar-refractivity contribution is -0.0989. The van der Waals surface area contributed by atoms with Gasteiger partial charge >= 0.3 is 0 Å². The maximum Gasteiger partial charge on any atom is 0.169 e. The number of hydrogen-bond acceptors (Lipinski definition) is 4. The van der Waals surface area contributed by atoms with Gasteiger partial charge < -0.3 is 19.4 Å². The second-order valence-electron chi connectivity index (χ2n) is 3.49. The van der Waals surface area contributed by atoms with Crippen LogP contribution < -0.4 is 5.32 Å². The Bertz CT molecular complexity index is 364. The number of methoxy groups -OCH3 is 2. The smallest absolute Gasteiger partial charge is 0.169 e. The molecular formula is C11H17N3O2. The van der Waals surface area contributed by atoms with E-state index in [1.165, 1.54) is 0 Å². The van der Waals surface area contributed by atoms with E-state index in [0.717, 1.165) is 5.56 Å². The fourth-order valence-electron chi connectivity index (χ4n) is 1.44. The van der Waals surface area contributed by atoms with Crippen LogP contribution in [0.3, 0.4) is 0 Å². The second-order valence-corrected chi connectivity index (χ2v) is 3.49. The molecule has 0 fully saturated rings. The topological polar surface area (TPSA) is 59.2 Å². The van der Waals surface area contributed by atoms with Crippen LogP contribution in [0.15, 0.2) is 12.3 Å². The number of aryl methyl sites for hydroxylation is 1. The first-order chi connectivity index (χ1) is 7.71. The third kappa shape index (κ3) is 3.35. The third-order valence-electron chi connectivity index (χ3n) is 2.34. The second kappa shape index (κ2) is 6.28. The maximum absolute atomic E-state index is 8.79. The summed E-state index contributed by atoms with van der Waals surface area (Å²) in [5.74, 6) is 0. The molecule has 5 nitrogen and oxygen atoms in total. The molecule has 0 bridgehead atoms. The molecule has 88 valence electrons. The molecule has 0 aromatic carbocycles. The van der Waals surface area contributed by atoms with Crippen LogP contribution in [0.4, 0.5) is 0 Å². The van der Waals surface area contributed by atoms with Crippen LogP contribution in [0.1, 0.15) is 11.3 Å². The number of rotatable bonds is 6. The van der Waals surface area contributed by atoms with Crippen molar-refractivity contribution in [3.63, 3.8) is 0 Å². The van der Waals surface area contributed by atoms with E-state index in [1.807, 2.05) is 19.3 Å². The molecule has 16 heavy (non-hydrogen) atoms. The van der Waals surface area contributed by atoms with Gasteiger partial charge in [0.05, 0.1) is 0 Å². The quantitative estimate of drug-likeness (QED) is 0.718. The molecule has 0 atom stereocenters. The third-order valence-corrected chi connectivity index (χ3v) is 2.34. The summed E-state index contributed by atoms with van der Waals surface area (Å²) in [6.07, 6.45) is 1.69. The minimum atomic E-state index is -0.237. The fraction of sp³-hybridized carbons (Fsp3) is 0.545. The monoisotopic (exact) mass is 223 g/mol. The van der Waals surface area contributed by atoms with E-state index in [2.05, 4.69) is 11.4 Å². The summed E-state index contributed by atoms with van der Waals surface area (Å²) >= 11 is 0. The summed E-state index contributed by atoms with van der Waals surface area (Å²) in [7, 11) is 5.06. The van der Waals surface area contributed by atoms with Gasteiger partial charge in [0.15, 0.2) is 6.29 Å². The average Bonchev–Trinajstić information content (AvgIpc) is 2.65. The van der Waals surface area contributed by atoms with Gasteiger partial charge in [-0.1, -0.05) is 0 Å². The lowest BCUT2D eigenvalue weighted by atomic mass is 10.3. The van der Waals surface area contributed by atoms with Gasteiger partial charge in [0.25, 0.3) is 0 Å². The molecule has 0 unspecified atom stereocenters. The minimum absolute atomic E-state index is 0.237. The number of nitriles is 1. The average molecular weight is 223 g/mol. The summed E-state index contributed by atoms with van der Waals surface area (Å²) < 4.78 is 11.9. The van der Waals surface area contributed by atoms with Gasteiger partial charge in [-0.2, -0.15) is 5.26 Å². The highest BCUT2D eigenvalue weighted by molar-refractivity contribution is 5.28. The summed E-state index contributed by atoms with van der Waals surface area (Å²) in [4.78, 5) is 0. The number of nitrogens with one attached hydrogen (secondary N) is 1. The Morgan fingerprint density at radius 3 is 2.69 bits per heavy atom. The van der Waals surface area contributed by atoms with Gasteiger partial charge in [-0.05, 0) is 11.6 Å². The SMILES string of the molecule is COC(CNCc1cc(C#N)n(C)c1)OC. The van der Waals surface area contributed by atoms with Crippen molar-refractivity contribution in [2.75, 3.05) is 20.8 Å².